The first-order valence-corrected chi connectivity index (χ1v) is 4.77. The lowest BCUT2D eigenvalue weighted by Gasteiger charge is -2.09. The first-order valence-electron chi connectivity index (χ1n) is 3.98. The van der Waals surface area contributed by atoms with Gasteiger partial charge in [0.05, 0.1) is 4.47 Å². The first-order chi connectivity index (χ1) is 6.67. The number of hydrogen-bond acceptors (Lipinski definition) is 3. The highest BCUT2D eigenvalue weighted by molar-refractivity contribution is 9.10. The van der Waals surface area contributed by atoms with Gasteiger partial charge in [0, 0.05) is 5.56 Å². The summed E-state index contributed by atoms with van der Waals surface area (Å²) < 4.78 is 5.94. The Bertz CT molecular complexity index is 384. The predicted molar refractivity (Wildman–Crippen MR) is 55.2 cm³/mol. The Morgan fingerprint density at radius 2 is 2.36 bits per heavy atom. The number of halogens is 1. The van der Waals surface area contributed by atoms with Gasteiger partial charge in [0.15, 0.2) is 6.10 Å². The SMILES string of the molecule is CC(C#N)Oc1ccc(C=O)cc1Br. The summed E-state index contributed by atoms with van der Waals surface area (Å²) in [7, 11) is 0. The Labute approximate surface area is 90.4 Å². The van der Waals surface area contributed by atoms with E-state index in [0.717, 1.165) is 6.29 Å². The Morgan fingerprint density at radius 3 is 2.86 bits per heavy atom. The van der Waals surface area contributed by atoms with Gasteiger partial charge in [0.2, 0.25) is 0 Å². The molecule has 0 N–H and O–H groups in total. The summed E-state index contributed by atoms with van der Waals surface area (Å²) in [5.74, 6) is 0.560. The van der Waals surface area contributed by atoms with Crippen LogP contribution in [-0.2, 0) is 0 Å². The summed E-state index contributed by atoms with van der Waals surface area (Å²) in [6.45, 7) is 1.65. The second-order valence-corrected chi connectivity index (χ2v) is 3.55. The number of carbonyl (C=O) groups is 1. The highest BCUT2D eigenvalue weighted by atomic mass is 79.9. The molecule has 4 heteroatoms. The molecule has 0 aliphatic carbocycles. The van der Waals surface area contributed by atoms with E-state index in [1.54, 1.807) is 25.1 Å². The van der Waals surface area contributed by atoms with Gasteiger partial charge in [0.25, 0.3) is 0 Å². The Balaban J connectivity index is 2.90. The molecule has 0 aliphatic heterocycles. The standard InChI is InChI=1S/C10H8BrNO2/c1-7(5-12)14-10-3-2-8(6-13)4-9(10)11/h2-4,6-7H,1H3. The van der Waals surface area contributed by atoms with Crippen molar-refractivity contribution in [3.8, 4) is 11.8 Å². The van der Waals surface area contributed by atoms with Crippen LogP contribution >= 0.6 is 15.9 Å². The number of carbonyl (C=O) groups excluding carboxylic acids is 1. The number of aldehydes is 1. The van der Waals surface area contributed by atoms with E-state index in [2.05, 4.69) is 15.9 Å². The average molecular weight is 254 g/mol. The zero-order valence-electron chi connectivity index (χ0n) is 7.53. The summed E-state index contributed by atoms with van der Waals surface area (Å²) in [6.07, 6.45) is 0.246. The van der Waals surface area contributed by atoms with Crippen molar-refractivity contribution in [2.45, 2.75) is 13.0 Å². The minimum Gasteiger partial charge on any atom is -0.475 e. The lowest BCUT2D eigenvalue weighted by atomic mass is 10.2. The van der Waals surface area contributed by atoms with E-state index in [1.807, 2.05) is 6.07 Å². The van der Waals surface area contributed by atoms with Crippen LogP contribution < -0.4 is 4.74 Å². The third-order valence-corrected chi connectivity index (χ3v) is 2.20. The molecule has 0 bridgehead atoms. The van der Waals surface area contributed by atoms with Gasteiger partial charge in [-0.25, -0.2) is 0 Å². The average Bonchev–Trinajstić information content (AvgIpc) is 2.20. The summed E-state index contributed by atoms with van der Waals surface area (Å²) in [6, 6.07) is 6.89. The molecule has 0 spiro atoms. The smallest absolute Gasteiger partial charge is 0.181 e. The van der Waals surface area contributed by atoms with Crippen LogP contribution in [0.4, 0.5) is 0 Å². The van der Waals surface area contributed by atoms with Gasteiger partial charge in [0.1, 0.15) is 18.1 Å². The zero-order valence-corrected chi connectivity index (χ0v) is 9.11. The third kappa shape index (κ3) is 2.57. The molecule has 0 saturated heterocycles. The molecule has 72 valence electrons. The fourth-order valence-electron chi connectivity index (χ4n) is 0.903. The van der Waals surface area contributed by atoms with Crippen molar-refractivity contribution in [1.82, 2.24) is 0 Å². The second kappa shape index (κ2) is 4.77. The van der Waals surface area contributed by atoms with Gasteiger partial charge in [-0.3, -0.25) is 4.79 Å². The molecule has 0 amide bonds. The van der Waals surface area contributed by atoms with Crippen molar-refractivity contribution in [3.63, 3.8) is 0 Å². The quantitative estimate of drug-likeness (QED) is 0.779. The fourth-order valence-corrected chi connectivity index (χ4v) is 1.39. The van der Waals surface area contributed by atoms with E-state index in [1.165, 1.54) is 0 Å². The molecule has 14 heavy (non-hydrogen) atoms. The Kier molecular flexibility index (Phi) is 3.66. The molecular weight excluding hydrogens is 246 g/mol. The molecule has 1 aromatic rings. The van der Waals surface area contributed by atoms with Crippen molar-refractivity contribution in [3.05, 3.63) is 28.2 Å². The highest BCUT2D eigenvalue weighted by Gasteiger charge is 2.06. The molecule has 3 nitrogen and oxygen atoms in total. The van der Waals surface area contributed by atoms with Crippen molar-refractivity contribution in [2.24, 2.45) is 0 Å². The molecule has 1 unspecified atom stereocenters. The van der Waals surface area contributed by atoms with E-state index >= 15 is 0 Å². The van der Waals surface area contributed by atoms with E-state index in [4.69, 9.17) is 10.00 Å². The lowest BCUT2D eigenvalue weighted by Crippen LogP contribution is -2.08. The molecule has 0 radical (unpaired) electrons. The van der Waals surface area contributed by atoms with E-state index in [9.17, 15) is 4.79 Å². The number of nitrogens with zero attached hydrogens (tertiary/aromatic N) is 1. The monoisotopic (exact) mass is 253 g/mol. The molecule has 0 aromatic heterocycles. The van der Waals surface area contributed by atoms with Crippen LogP contribution in [0.5, 0.6) is 5.75 Å². The van der Waals surface area contributed by atoms with Gasteiger partial charge in [-0.05, 0) is 41.1 Å². The summed E-state index contributed by atoms with van der Waals surface area (Å²) in [5, 5.41) is 8.54. The number of nitriles is 1. The molecule has 0 fully saturated rings. The Morgan fingerprint density at radius 1 is 1.64 bits per heavy atom. The largest absolute Gasteiger partial charge is 0.475 e. The summed E-state index contributed by atoms with van der Waals surface area (Å²) in [5.41, 5.74) is 0.564. The maximum absolute atomic E-state index is 10.4. The van der Waals surface area contributed by atoms with Crippen molar-refractivity contribution >= 4 is 22.2 Å². The van der Waals surface area contributed by atoms with Crippen LogP contribution in [0, 0.1) is 11.3 Å². The summed E-state index contributed by atoms with van der Waals surface area (Å²) in [4.78, 5) is 10.4. The lowest BCUT2D eigenvalue weighted by molar-refractivity contribution is 0.112. The molecule has 0 saturated carbocycles. The Hall–Kier alpha value is -1.34. The van der Waals surface area contributed by atoms with Crippen molar-refractivity contribution in [1.29, 1.82) is 5.26 Å². The topological polar surface area (TPSA) is 50.1 Å². The van der Waals surface area contributed by atoms with Gasteiger partial charge >= 0.3 is 0 Å². The molecule has 0 heterocycles. The molecule has 0 aliphatic rings. The maximum atomic E-state index is 10.4. The predicted octanol–water partition coefficient (Wildman–Crippen LogP) is 2.55. The van der Waals surface area contributed by atoms with Crippen LogP contribution in [0.3, 0.4) is 0 Å². The molecule has 1 atom stereocenters. The molecule has 1 aromatic carbocycles. The van der Waals surface area contributed by atoms with Crippen LogP contribution in [0.2, 0.25) is 0 Å². The number of ether oxygens (including phenoxy) is 1. The maximum Gasteiger partial charge on any atom is 0.181 e. The number of benzene rings is 1. The van der Waals surface area contributed by atoms with Gasteiger partial charge in [-0.15, -0.1) is 0 Å². The van der Waals surface area contributed by atoms with Gasteiger partial charge in [-0.2, -0.15) is 5.26 Å². The first kappa shape index (κ1) is 10.7. The van der Waals surface area contributed by atoms with E-state index < -0.39 is 6.10 Å². The fraction of sp³-hybridized carbons (Fsp3) is 0.200. The summed E-state index contributed by atoms with van der Waals surface area (Å²) >= 11 is 3.25. The van der Waals surface area contributed by atoms with Crippen LogP contribution in [0.15, 0.2) is 22.7 Å². The minimum atomic E-state index is -0.506. The third-order valence-electron chi connectivity index (χ3n) is 1.58. The van der Waals surface area contributed by atoms with E-state index in [-0.39, 0.29) is 0 Å². The van der Waals surface area contributed by atoms with Crippen LogP contribution in [0.1, 0.15) is 17.3 Å². The van der Waals surface area contributed by atoms with Crippen molar-refractivity contribution in [2.75, 3.05) is 0 Å². The van der Waals surface area contributed by atoms with Gasteiger partial charge in [-0.1, -0.05) is 0 Å². The minimum absolute atomic E-state index is 0.506. The number of rotatable bonds is 3. The highest BCUT2D eigenvalue weighted by Crippen LogP contribution is 2.26. The molecule has 1 rings (SSSR count). The molecular formula is C10H8BrNO2. The van der Waals surface area contributed by atoms with E-state index in [0.29, 0.717) is 15.8 Å². The van der Waals surface area contributed by atoms with Gasteiger partial charge < -0.3 is 4.74 Å². The second-order valence-electron chi connectivity index (χ2n) is 2.70. The number of hydrogen-bond donors (Lipinski definition) is 0. The normalized spacial score (nSPS) is 11.5. The van der Waals surface area contributed by atoms with Crippen LogP contribution in [0.25, 0.3) is 0 Å². The zero-order chi connectivity index (χ0) is 10.6. The van der Waals surface area contributed by atoms with Crippen LogP contribution in [-0.4, -0.2) is 12.4 Å². The van der Waals surface area contributed by atoms with Crippen molar-refractivity contribution < 1.29 is 9.53 Å².